The molecule has 0 saturated heterocycles. The van der Waals surface area contributed by atoms with Gasteiger partial charge in [0.1, 0.15) is 6.61 Å². The van der Waals surface area contributed by atoms with Crippen molar-refractivity contribution in [2.45, 2.75) is 41.2 Å². The fourth-order valence-electron chi connectivity index (χ4n) is 2.27. The van der Waals surface area contributed by atoms with E-state index in [0.717, 1.165) is 22.5 Å². The van der Waals surface area contributed by atoms with E-state index in [0.29, 0.717) is 12.5 Å². The lowest BCUT2D eigenvalue weighted by molar-refractivity contribution is -0.148. The minimum Gasteiger partial charge on any atom is -0.461 e. The second-order valence-corrected chi connectivity index (χ2v) is 6.10. The molecule has 0 radical (unpaired) electrons. The molecule has 1 N–H and O–H groups in total. The number of hydrazone groups is 1. The average Bonchev–Trinajstić information content (AvgIpc) is 2.51. The van der Waals surface area contributed by atoms with Gasteiger partial charge in [-0.1, -0.05) is 45.0 Å². The Labute approximate surface area is 132 Å². The molecule has 2 rings (SSSR count). The Balaban J connectivity index is 2.05. The Kier molecular flexibility index (Phi) is 5.01. The molecule has 0 spiro atoms. The normalized spacial score (nSPS) is 18.1. The summed E-state index contributed by atoms with van der Waals surface area (Å²) in [5, 5.41) is 4.46. The fraction of sp³-hybridized carbons (Fsp3) is 0.444. The summed E-state index contributed by atoms with van der Waals surface area (Å²) in [6.45, 7) is 10.3. The zero-order valence-corrected chi connectivity index (χ0v) is 13.9. The van der Waals surface area contributed by atoms with Crippen LogP contribution in [0.15, 0.2) is 40.6 Å². The highest BCUT2D eigenvalue weighted by molar-refractivity contribution is 6.04. The highest BCUT2D eigenvalue weighted by Crippen LogP contribution is 2.23. The van der Waals surface area contributed by atoms with Crippen LogP contribution in [0.2, 0.25) is 0 Å². The quantitative estimate of drug-likeness (QED) is 0.864. The Bertz CT molecular complexity index is 612. The number of hydrogen-bond donors (Lipinski definition) is 1. The van der Waals surface area contributed by atoms with Crippen molar-refractivity contribution in [2.24, 2.45) is 16.9 Å². The number of hydrogen-bond acceptors (Lipinski definition) is 4. The summed E-state index contributed by atoms with van der Waals surface area (Å²) >= 11 is 0. The van der Waals surface area contributed by atoms with E-state index in [1.165, 1.54) is 5.57 Å². The van der Waals surface area contributed by atoms with Gasteiger partial charge >= 0.3 is 5.97 Å². The number of carbonyl (C=O) groups is 1. The number of rotatable bonds is 4. The molecule has 0 bridgehead atoms. The Morgan fingerprint density at radius 3 is 2.50 bits per heavy atom. The van der Waals surface area contributed by atoms with Crippen molar-refractivity contribution in [3.63, 3.8) is 0 Å². The van der Waals surface area contributed by atoms with Crippen molar-refractivity contribution >= 4 is 11.7 Å². The predicted octanol–water partition coefficient (Wildman–Crippen LogP) is 3.62. The van der Waals surface area contributed by atoms with Crippen LogP contribution in [0.3, 0.4) is 0 Å². The van der Waals surface area contributed by atoms with E-state index < -0.39 is 0 Å². The summed E-state index contributed by atoms with van der Waals surface area (Å²) in [6, 6.07) is 8.03. The second kappa shape index (κ2) is 6.77. The van der Waals surface area contributed by atoms with Gasteiger partial charge in [0.2, 0.25) is 0 Å². The monoisotopic (exact) mass is 300 g/mol. The van der Waals surface area contributed by atoms with Gasteiger partial charge in [-0.3, -0.25) is 10.2 Å². The first-order valence-electron chi connectivity index (χ1n) is 7.67. The van der Waals surface area contributed by atoms with E-state index in [4.69, 9.17) is 4.74 Å². The van der Waals surface area contributed by atoms with E-state index >= 15 is 0 Å². The molecule has 1 heterocycles. The zero-order chi connectivity index (χ0) is 16.3. The van der Waals surface area contributed by atoms with Crippen LogP contribution >= 0.6 is 0 Å². The van der Waals surface area contributed by atoms with Crippen LogP contribution in [0.5, 0.6) is 0 Å². The van der Waals surface area contributed by atoms with E-state index in [1.807, 2.05) is 45.0 Å². The molecule has 0 amide bonds. The van der Waals surface area contributed by atoms with Crippen LogP contribution in [-0.2, 0) is 16.1 Å². The molecule has 1 aromatic rings. The topological polar surface area (TPSA) is 50.7 Å². The Morgan fingerprint density at radius 1 is 1.27 bits per heavy atom. The summed E-state index contributed by atoms with van der Waals surface area (Å²) in [4.78, 5) is 11.5. The molecule has 1 aliphatic rings. The number of benzene rings is 1. The minimum atomic E-state index is -0.171. The van der Waals surface area contributed by atoms with Crippen molar-refractivity contribution < 1.29 is 9.53 Å². The van der Waals surface area contributed by atoms with Crippen LogP contribution in [-0.4, -0.2) is 11.7 Å². The largest absolute Gasteiger partial charge is 0.461 e. The molecule has 0 aromatic heterocycles. The molecule has 1 aromatic carbocycles. The van der Waals surface area contributed by atoms with Crippen LogP contribution in [0.1, 0.15) is 45.7 Å². The number of carbonyl (C=O) groups excluding carboxylic acids is 1. The SMILES string of the molecule is CC1=C(C)C(C)C(c2ccc(COC(=O)C(C)C)cc2)=NN1. The third kappa shape index (κ3) is 3.56. The molecule has 0 fully saturated rings. The van der Waals surface area contributed by atoms with Gasteiger partial charge in [-0.25, -0.2) is 0 Å². The standard InChI is InChI=1S/C18H24N2O2/c1-11(2)18(21)22-10-15-6-8-16(9-7-15)17-13(4)12(3)14(5)19-20-17/h6-9,11,13,19H,10H2,1-5H3. The smallest absolute Gasteiger partial charge is 0.308 e. The summed E-state index contributed by atoms with van der Waals surface area (Å²) in [5.41, 5.74) is 8.61. The Morgan fingerprint density at radius 2 is 1.91 bits per heavy atom. The zero-order valence-electron chi connectivity index (χ0n) is 13.9. The summed E-state index contributed by atoms with van der Waals surface area (Å²) in [5.74, 6) is 0.0291. The maximum Gasteiger partial charge on any atom is 0.308 e. The number of esters is 1. The van der Waals surface area contributed by atoms with E-state index in [2.05, 4.69) is 24.4 Å². The lowest BCUT2D eigenvalue weighted by Crippen LogP contribution is -2.25. The third-order valence-electron chi connectivity index (χ3n) is 4.10. The van der Waals surface area contributed by atoms with Crippen molar-refractivity contribution in [2.75, 3.05) is 0 Å². The van der Waals surface area contributed by atoms with Crippen molar-refractivity contribution in [1.29, 1.82) is 0 Å². The first-order chi connectivity index (χ1) is 10.4. The molecule has 1 aliphatic heterocycles. The van der Waals surface area contributed by atoms with Gasteiger partial charge in [0.05, 0.1) is 11.6 Å². The average molecular weight is 300 g/mol. The maximum absolute atomic E-state index is 11.5. The maximum atomic E-state index is 11.5. The van der Waals surface area contributed by atoms with Crippen molar-refractivity contribution in [1.82, 2.24) is 5.43 Å². The molecule has 1 atom stereocenters. The molecule has 4 heteroatoms. The summed E-state index contributed by atoms with van der Waals surface area (Å²) < 4.78 is 5.24. The van der Waals surface area contributed by atoms with Gasteiger partial charge in [0.15, 0.2) is 0 Å². The van der Waals surface area contributed by atoms with Gasteiger partial charge in [0.25, 0.3) is 0 Å². The van der Waals surface area contributed by atoms with E-state index in [-0.39, 0.29) is 11.9 Å². The Hall–Kier alpha value is -2.10. The van der Waals surface area contributed by atoms with Crippen LogP contribution in [0.25, 0.3) is 0 Å². The van der Waals surface area contributed by atoms with E-state index in [1.54, 1.807) is 0 Å². The minimum absolute atomic E-state index is 0.0965. The first kappa shape index (κ1) is 16.3. The van der Waals surface area contributed by atoms with Gasteiger partial charge in [-0.2, -0.15) is 5.10 Å². The third-order valence-corrected chi connectivity index (χ3v) is 4.10. The van der Waals surface area contributed by atoms with Gasteiger partial charge in [-0.05, 0) is 30.5 Å². The summed E-state index contributed by atoms with van der Waals surface area (Å²) in [7, 11) is 0. The van der Waals surface area contributed by atoms with Crippen LogP contribution in [0, 0.1) is 11.8 Å². The number of nitrogens with zero attached hydrogens (tertiary/aromatic N) is 1. The molecular weight excluding hydrogens is 276 g/mol. The van der Waals surface area contributed by atoms with Crippen LogP contribution < -0.4 is 5.43 Å². The highest BCUT2D eigenvalue weighted by atomic mass is 16.5. The lowest BCUT2D eigenvalue weighted by Gasteiger charge is -2.23. The number of nitrogens with one attached hydrogen (secondary N) is 1. The summed E-state index contributed by atoms with van der Waals surface area (Å²) in [6.07, 6.45) is 0. The molecule has 118 valence electrons. The van der Waals surface area contributed by atoms with Crippen molar-refractivity contribution in [3.05, 3.63) is 46.7 Å². The molecule has 0 saturated carbocycles. The molecule has 1 unspecified atom stereocenters. The van der Waals surface area contributed by atoms with E-state index in [9.17, 15) is 4.79 Å². The molecular formula is C18H24N2O2. The van der Waals surface area contributed by atoms with Gasteiger partial charge in [0, 0.05) is 11.6 Å². The lowest BCUT2D eigenvalue weighted by atomic mass is 9.90. The first-order valence-corrected chi connectivity index (χ1v) is 7.67. The number of ether oxygens (including phenoxy) is 1. The van der Waals surface area contributed by atoms with Crippen LogP contribution in [0.4, 0.5) is 0 Å². The molecule has 0 aliphatic carbocycles. The van der Waals surface area contributed by atoms with Gasteiger partial charge in [-0.15, -0.1) is 0 Å². The second-order valence-electron chi connectivity index (χ2n) is 6.10. The highest BCUT2D eigenvalue weighted by Gasteiger charge is 2.20. The number of allylic oxidation sites excluding steroid dienone is 2. The van der Waals surface area contributed by atoms with Crippen molar-refractivity contribution in [3.8, 4) is 0 Å². The predicted molar refractivity (Wildman–Crippen MR) is 88.3 cm³/mol. The fourth-order valence-corrected chi connectivity index (χ4v) is 2.27. The molecule has 22 heavy (non-hydrogen) atoms. The van der Waals surface area contributed by atoms with Gasteiger partial charge < -0.3 is 4.74 Å². The molecule has 4 nitrogen and oxygen atoms in total.